The Morgan fingerprint density at radius 2 is 1.90 bits per heavy atom. The number of aliphatic imine (C=N–C) groups is 1. The number of rotatable bonds is 14. The van der Waals surface area contributed by atoms with Gasteiger partial charge in [-0.1, -0.05) is 44.2 Å². The lowest BCUT2D eigenvalue weighted by molar-refractivity contribution is -0.147. The minimum absolute atomic E-state index is 0.0957. The summed E-state index contributed by atoms with van der Waals surface area (Å²) in [6, 6.07) is 10.4. The molecule has 0 heterocycles. The highest BCUT2D eigenvalue weighted by Crippen LogP contribution is 2.12. The number of esters is 1. The molecule has 0 radical (unpaired) electrons. The van der Waals surface area contributed by atoms with Crippen molar-refractivity contribution in [3.63, 3.8) is 0 Å². The van der Waals surface area contributed by atoms with Crippen molar-refractivity contribution < 1.29 is 9.53 Å². The van der Waals surface area contributed by atoms with Gasteiger partial charge in [0.05, 0.1) is 18.4 Å². The van der Waals surface area contributed by atoms with E-state index in [-0.39, 0.29) is 17.8 Å². The summed E-state index contributed by atoms with van der Waals surface area (Å²) in [5.74, 6) is 0.381. The van der Waals surface area contributed by atoms with Gasteiger partial charge in [-0.15, -0.1) is 0 Å². The van der Waals surface area contributed by atoms with Crippen molar-refractivity contribution >= 4 is 18.5 Å². The molecule has 0 bridgehead atoms. The van der Waals surface area contributed by atoms with Crippen LogP contribution in [0.4, 0.5) is 0 Å². The number of hydrogen-bond acceptors (Lipinski definition) is 5. The van der Waals surface area contributed by atoms with Crippen molar-refractivity contribution in [2.75, 3.05) is 39.8 Å². The molecule has 0 saturated carbocycles. The first-order valence-corrected chi connectivity index (χ1v) is 10.5. The van der Waals surface area contributed by atoms with Gasteiger partial charge in [-0.2, -0.15) is 0 Å². The van der Waals surface area contributed by atoms with Crippen molar-refractivity contribution in [3.8, 4) is 0 Å². The zero-order valence-corrected chi connectivity index (χ0v) is 18.6. The number of carbonyl (C=O) groups excluding carboxylic acids is 1. The van der Waals surface area contributed by atoms with Crippen molar-refractivity contribution in [1.82, 2.24) is 9.80 Å². The summed E-state index contributed by atoms with van der Waals surface area (Å²) in [5.41, 5.74) is 1.27. The minimum atomic E-state index is -0.162. The third-order valence-corrected chi connectivity index (χ3v) is 5.04. The summed E-state index contributed by atoms with van der Waals surface area (Å²) in [6.07, 6.45) is 1.65. The van der Waals surface area contributed by atoms with Crippen molar-refractivity contribution in [2.24, 2.45) is 16.8 Å². The summed E-state index contributed by atoms with van der Waals surface area (Å²) < 4.78 is 5.07. The maximum Gasteiger partial charge on any atom is 0.308 e. The topological polar surface area (TPSA) is 69.0 Å². The first kappa shape index (κ1) is 24.8. The van der Waals surface area contributed by atoms with Crippen LogP contribution in [0.5, 0.6) is 0 Å². The largest absolute Gasteiger partial charge is 0.466 e. The smallest absolute Gasteiger partial charge is 0.308 e. The monoisotopic (exact) mass is 402 g/mol. The molecule has 0 aliphatic heterocycles. The summed E-state index contributed by atoms with van der Waals surface area (Å²) in [5, 5.41) is 8.57. The first-order valence-electron chi connectivity index (χ1n) is 10.5. The van der Waals surface area contributed by atoms with Gasteiger partial charge in [0, 0.05) is 45.7 Å². The van der Waals surface area contributed by atoms with E-state index in [0.717, 1.165) is 32.6 Å². The Kier molecular flexibility index (Phi) is 11.9. The van der Waals surface area contributed by atoms with Gasteiger partial charge in [-0.05, 0) is 32.0 Å². The van der Waals surface area contributed by atoms with Crippen LogP contribution >= 0.6 is 0 Å². The van der Waals surface area contributed by atoms with Gasteiger partial charge in [-0.3, -0.25) is 15.1 Å². The average molecular weight is 403 g/mol. The molecule has 1 rings (SSSR count). The zero-order chi connectivity index (χ0) is 21.6. The summed E-state index contributed by atoms with van der Waals surface area (Å²) in [4.78, 5) is 20.1. The Bertz CT molecular complexity index is 621. The van der Waals surface area contributed by atoms with Crippen LogP contribution in [0.1, 0.15) is 39.2 Å². The highest BCUT2D eigenvalue weighted by Gasteiger charge is 2.20. The molecular formula is C23H38N4O2. The summed E-state index contributed by atoms with van der Waals surface area (Å²) in [6.45, 7) is 13.8. The van der Waals surface area contributed by atoms with Gasteiger partial charge in [0.2, 0.25) is 0 Å². The lowest BCUT2D eigenvalue weighted by Gasteiger charge is -2.30. The fourth-order valence-corrected chi connectivity index (χ4v) is 3.24. The van der Waals surface area contributed by atoms with Crippen LogP contribution in [0, 0.1) is 17.2 Å². The van der Waals surface area contributed by atoms with Gasteiger partial charge in [0.25, 0.3) is 0 Å². The highest BCUT2D eigenvalue weighted by molar-refractivity contribution is 5.81. The number of ether oxygens (including phenoxy) is 1. The predicted octanol–water partition coefficient (Wildman–Crippen LogP) is 3.71. The van der Waals surface area contributed by atoms with E-state index >= 15 is 0 Å². The van der Waals surface area contributed by atoms with Crippen LogP contribution in [-0.2, 0) is 16.1 Å². The van der Waals surface area contributed by atoms with E-state index in [1.807, 2.05) is 31.9 Å². The third kappa shape index (κ3) is 9.70. The molecule has 0 spiro atoms. The highest BCUT2D eigenvalue weighted by atomic mass is 16.5. The van der Waals surface area contributed by atoms with E-state index in [9.17, 15) is 4.79 Å². The molecule has 0 saturated heterocycles. The lowest BCUT2D eigenvalue weighted by atomic mass is 10.1. The number of nitrogens with zero attached hydrogens (tertiary/aromatic N) is 3. The quantitative estimate of drug-likeness (QED) is 0.223. The molecule has 6 heteroatoms. The van der Waals surface area contributed by atoms with Crippen LogP contribution < -0.4 is 0 Å². The molecule has 1 aromatic rings. The number of amidine groups is 1. The molecule has 29 heavy (non-hydrogen) atoms. The maximum atomic E-state index is 11.8. The maximum absolute atomic E-state index is 11.8. The fourth-order valence-electron chi connectivity index (χ4n) is 3.24. The van der Waals surface area contributed by atoms with E-state index in [0.29, 0.717) is 25.4 Å². The summed E-state index contributed by atoms with van der Waals surface area (Å²) >= 11 is 0. The SMILES string of the molecule is C=NCCCN(Cc1ccccc1)CC(C)C(=N)N(C)CCC(C)C(=O)OCC. The van der Waals surface area contributed by atoms with E-state index in [2.05, 4.69) is 47.8 Å². The molecule has 6 nitrogen and oxygen atoms in total. The van der Waals surface area contributed by atoms with Crippen molar-refractivity contribution in [3.05, 3.63) is 35.9 Å². The molecule has 0 aromatic heterocycles. The van der Waals surface area contributed by atoms with Crippen LogP contribution in [0.3, 0.4) is 0 Å². The molecule has 0 aliphatic carbocycles. The van der Waals surface area contributed by atoms with E-state index < -0.39 is 0 Å². The molecule has 2 atom stereocenters. The van der Waals surface area contributed by atoms with E-state index in [4.69, 9.17) is 10.1 Å². The lowest BCUT2D eigenvalue weighted by Crippen LogP contribution is -2.39. The van der Waals surface area contributed by atoms with Gasteiger partial charge in [0.15, 0.2) is 0 Å². The van der Waals surface area contributed by atoms with Crippen molar-refractivity contribution in [1.29, 1.82) is 5.41 Å². The average Bonchev–Trinajstić information content (AvgIpc) is 2.72. The number of nitrogens with one attached hydrogen (secondary N) is 1. The number of carbonyl (C=O) groups is 1. The first-order chi connectivity index (χ1) is 13.9. The second kappa shape index (κ2) is 13.9. The van der Waals surface area contributed by atoms with Crippen LogP contribution in [0.25, 0.3) is 0 Å². The van der Waals surface area contributed by atoms with Gasteiger partial charge in [0.1, 0.15) is 0 Å². The zero-order valence-electron chi connectivity index (χ0n) is 18.6. The molecular weight excluding hydrogens is 364 g/mol. The van der Waals surface area contributed by atoms with E-state index in [1.54, 1.807) is 0 Å². The fraction of sp³-hybridized carbons (Fsp3) is 0.609. The minimum Gasteiger partial charge on any atom is -0.466 e. The van der Waals surface area contributed by atoms with Crippen LogP contribution in [0.2, 0.25) is 0 Å². The number of hydrogen-bond donors (Lipinski definition) is 1. The van der Waals surface area contributed by atoms with Crippen molar-refractivity contribution in [2.45, 2.75) is 40.2 Å². The second-order valence-corrected chi connectivity index (χ2v) is 7.67. The van der Waals surface area contributed by atoms with Crippen LogP contribution in [-0.4, -0.2) is 68.2 Å². The van der Waals surface area contributed by atoms with Gasteiger partial charge >= 0.3 is 5.97 Å². The molecule has 0 aliphatic rings. The van der Waals surface area contributed by atoms with E-state index in [1.165, 1.54) is 5.56 Å². The van der Waals surface area contributed by atoms with Crippen LogP contribution in [0.15, 0.2) is 35.3 Å². The normalized spacial score (nSPS) is 13.0. The molecule has 162 valence electrons. The second-order valence-electron chi connectivity index (χ2n) is 7.67. The Balaban J connectivity index is 2.59. The standard InChI is InChI=1S/C23H38N4O2/c1-6-29-23(28)19(2)13-16-26(5)22(24)20(3)17-27(15-10-14-25-4)18-21-11-8-7-9-12-21/h7-9,11-12,19-20,24H,4,6,10,13-18H2,1-3,5H3. The third-order valence-electron chi connectivity index (χ3n) is 5.04. The molecule has 0 fully saturated rings. The Hall–Kier alpha value is -2.21. The van der Waals surface area contributed by atoms with Gasteiger partial charge in [-0.25, -0.2) is 0 Å². The Labute approximate surface area is 176 Å². The predicted molar refractivity (Wildman–Crippen MR) is 121 cm³/mol. The molecule has 2 unspecified atom stereocenters. The molecule has 0 amide bonds. The van der Waals surface area contributed by atoms with Gasteiger partial charge < -0.3 is 14.6 Å². The molecule has 1 aromatic carbocycles. The number of benzene rings is 1. The Morgan fingerprint density at radius 1 is 1.21 bits per heavy atom. The molecule has 1 N–H and O–H groups in total. The Morgan fingerprint density at radius 3 is 2.52 bits per heavy atom. The summed E-state index contributed by atoms with van der Waals surface area (Å²) in [7, 11) is 1.93.